The summed E-state index contributed by atoms with van der Waals surface area (Å²) in [6.07, 6.45) is 0. The van der Waals surface area contributed by atoms with Crippen LogP contribution < -0.4 is 5.76 Å². The zero-order chi connectivity index (χ0) is 22.8. The number of pyridine rings is 1. The number of H-pyrrole nitrogens is 1. The standard InChI is InChI=1S/C22H17F3N4O3/c1-10-13(23)6-7-14(27-10)18-16-12(20(30)29(18)9-22(2,24)25)8-26-17(16)11-4-3-5-15-19(11)32-21(31)28-15/h3-7,18H,8-9H2,1-2H3,(H,28,31). The summed E-state index contributed by atoms with van der Waals surface area (Å²) in [5.41, 5.74) is 2.52. The smallest absolute Gasteiger partial charge is 0.407 e. The number of carbonyl (C=O) groups excluding carboxylic acids is 1. The summed E-state index contributed by atoms with van der Waals surface area (Å²) >= 11 is 0. The molecular formula is C22H17F3N4O3. The molecule has 1 aromatic carbocycles. The van der Waals surface area contributed by atoms with E-state index in [-0.39, 0.29) is 29.1 Å². The van der Waals surface area contributed by atoms with Crippen LogP contribution in [0.25, 0.3) is 11.1 Å². The summed E-state index contributed by atoms with van der Waals surface area (Å²) in [4.78, 5) is 37.2. The first-order valence-corrected chi connectivity index (χ1v) is 9.86. The van der Waals surface area contributed by atoms with Gasteiger partial charge in [0.15, 0.2) is 5.58 Å². The van der Waals surface area contributed by atoms with Gasteiger partial charge in [0, 0.05) is 23.6 Å². The van der Waals surface area contributed by atoms with Crippen LogP contribution in [0.2, 0.25) is 0 Å². The molecule has 1 unspecified atom stereocenters. The highest BCUT2D eigenvalue weighted by atomic mass is 19.3. The number of rotatable bonds is 4. The van der Waals surface area contributed by atoms with Crippen LogP contribution in [-0.2, 0) is 4.79 Å². The van der Waals surface area contributed by atoms with Gasteiger partial charge in [-0.15, -0.1) is 0 Å². The fourth-order valence-corrected chi connectivity index (χ4v) is 4.27. The molecule has 1 atom stereocenters. The maximum absolute atomic E-state index is 14.0. The number of aromatic nitrogens is 2. The van der Waals surface area contributed by atoms with E-state index in [1.54, 1.807) is 18.2 Å². The number of aromatic amines is 1. The third-order valence-electron chi connectivity index (χ3n) is 5.55. The summed E-state index contributed by atoms with van der Waals surface area (Å²) in [6, 6.07) is 6.61. The number of hydrogen-bond acceptors (Lipinski definition) is 5. The number of aliphatic imine (C=N–C) groups is 1. The number of hydrogen-bond donors (Lipinski definition) is 1. The van der Waals surface area contributed by atoms with E-state index in [4.69, 9.17) is 4.42 Å². The molecule has 7 nitrogen and oxygen atoms in total. The SMILES string of the molecule is Cc1nc(C2C3=C(CN=C3c3cccc4[nH]c(=O)oc34)C(=O)N2CC(C)(F)F)ccc1F. The second kappa shape index (κ2) is 6.91. The number of nitrogens with zero attached hydrogens (tertiary/aromatic N) is 3. The van der Waals surface area contributed by atoms with Crippen molar-refractivity contribution in [2.75, 3.05) is 13.1 Å². The Kier molecular flexibility index (Phi) is 4.37. The van der Waals surface area contributed by atoms with Crippen molar-refractivity contribution in [1.29, 1.82) is 0 Å². The number of halogens is 3. The average molecular weight is 442 g/mol. The maximum atomic E-state index is 14.0. The van der Waals surface area contributed by atoms with Crippen LogP contribution >= 0.6 is 0 Å². The molecule has 0 saturated carbocycles. The highest BCUT2D eigenvalue weighted by Gasteiger charge is 2.47. The molecule has 1 N–H and O–H groups in total. The van der Waals surface area contributed by atoms with Crippen LogP contribution in [-0.4, -0.2) is 45.5 Å². The molecule has 0 spiro atoms. The summed E-state index contributed by atoms with van der Waals surface area (Å²) in [5.74, 6) is -4.93. The third-order valence-corrected chi connectivity index (χ3v) is 5.55. The number of fused-ring (bicyclic) bond motifs is 1. The maximum Gasteiger partial charge on any atom is 0.417 e. The number of aryl methyl sites for hydroxylation is 1. The highest BCUT2D eigenvalue weighted by Crippen LogP contribution is 2.44. The van der Waals surface area contributed by atoms with Crippen molar-refractivity contribution >= 4 is 22.7 Å². The van der Waals surface area contributed by atoms with Crippen LogP contribution in [0.4, 0.5) is 13.2 Å². The van der Waals surface area contributed by atoms with E-state index in [0.29, 0.717) is 22.4 Å². The number of benzene rings is 1. The van der Waals surface area contributed by atoms with Crippen LogP contribution in [0.15, 0.2) is 55.7 Å². The number of oxazole rings is 1. The van der Waals surface area contributed by atoms with E-state index in [1.165, 1.54) is 19.1 Å². The lowest BCUT2D eigenvalue weighted by molar-refractivity contribution is -0.132. The van der Waals surface area contributed by atoms with Crippen molar-refractivity contribution in [3.63, 3.8) is 0 Å². The lowest BCUT2D eigenvalue weighted by atomic mass is 9.93. The van der Waals surface area contributed by atoms with Gasteiger partial charge in [-0.3, -0.25) is 19.8 Å². The number of alkyl halides is 2. The quantitative estimate of drug-likeness (QED) is 0.671. The van der Waals surface area contributed by atoms with Gasteiger partial charge in [0.2, 0.25) is 0 Å². The van der Waals surface area contributed by atoms with Crippen molar-refractivity contribution in [3.8, 4) is 0 Å². The first-order chi connectivity index (χ1) is 15.1. The van der Waals surface area contributed by atoms with Crippen LogP contribution in [0.3, 0.4) is 0 Å². The Morgan fingerprint density at radius 1 is 1.25 bits per heavy atom. The predicted octanol–water partition coefficient (Wildman–Crippen LogP) is 3.30. The molecule has 164 valence electrons. The molecule has 0 fully saturated rings. The number of nitrogens with one attached hydrogen (secondary N) is 1. The molecule has 3 aromatic rings. The Balaban J connectivity index is 1.69. The van der Waals surface area contributed by atoms with Gasteiger partial charge in [0.1, 0.15) is 11.9 Å². The molecule has 0 radical (unpaired) electrons. The third kappa shape index (κ3) is 3.14. The second-order valence-electron chi connectivity index (χ2n) is 7.96. The molecule has 0 aliphatic carbocycles. The summed E-state index contributed by atoms with van der Waals surface area (Å²) < 4.78 is 47.2. The van der Waals surface area contributed by atoms with Gasteiger partial charge in [0.05, 0.1) is 35.7 Å². The molecule has 2 aliphatic rings. The van der Waals surface area contributed by atoms with Gasteiger partial charge in [-0.25, -0.2) is 18.0 Å². The Bertz CT molecular complexity index is 1400. The fraction of sp³-hybridized carbons (Fsp3) is 0.273. The minimum atomic E-state index is -3.16. The minimum Gasteiger partial charge on any atom is -0.407 e. The topological polar surface area (TPSA) is 91.6 Å². The number of carbonyl (C=O) groups is 1. The van der Waals surface area contributed by atoms with E-state index in [9.17, 15) is 22.8 Å². The highest BCUT2D eigenvalue weighted by molar-refractivity contribution is 6.24. The normalized spacial score (nSPS) is 18.7. The Hall–Kier alpha value is -3.69. The molecule has 10 heteroatoms. The lowest BCUT2D eigenvalue weighted by Crippen LogP contribution is -2.40. The van der Waals surface area contributed by atoms with E-state index in [0.717, 1.165) is 11.8 Å². The molecule has 32 heavy (non-hydrogen) atoms. The zero-order valence-electron chi connectivity index (χ0n) is 17.1. The Labute approximate surface area is 179 Å². The summed E-state index contributed by atoms with van der Waals surface area (Å²) in [5, 5.41) is 0. The van der Waals surface area contributed by atoms with Gasteiger partial charge in [-0.1, -0.05) is 6.07 Å². The van der Waals surface area contributed by atoms with Gasteiger partial charge < -0.3 is 9.32 Å². The molecule has 0 bridgehead atoms. The molecular weight excluding hydrogens is 425 g/mol. The molecule has 4 heterocycles. The molecule has 2 aliphatic heterocycles. The van der Waals surface area contributed by atoms with Gasteiger partial charge >= 0.3 is 5.76 Å². The largest absolute Gasteiger partial charge is 0.417 e. The summed E-state index contributed by atoms with van der Waals surface area (Å²) in [6.45, 7) is 1.35. The first kappa shape index (κ1) is 20.2. The van der Waals surface area contributed by atoms with E-state index < -0.39 is 36.0 Å². The lowest BCUT2D eigenvalue weighted by Gasteiger charge is -2.30. The zero-order valence-corrected chi connectivity index (χ0v) is 17.1. The van der Waals surface area contributed by atoms with E-state index in [1.807, 2.05) is 0 Å². The van der Waals surface area contributed by atoms with Crippen molar-refractivity contribution in [2.24, 2.45) is 4.99 Å². The molecule has 0 saturated heterocycles. The second-order valence-corrected chi connectivity index (χ2v) is 7.96. The molecule has 5 rings (SSSR count). The first-order valence-electron chi connectivity index (χ1n) is 9.86. The Morgan fingerprint density at radius 3 is 2.75 bits per heavy atom. The van der Waals surface area contributed by atoms with Crippen LogP contribution in [0, 0.1) is 12.7 Å². The molecule has 2 aromatic heterocycles. The predicted molar refractivity (Wildman–Crippen MR) is 109 cm³/mol. The van der Waals surface area contributed by atoms with Crippen LogP contribution in [0.5, 0.6) is 0 Å². The number of para-hydroxylation sites is 1. The van der Waals surface area contributed by atoms with Crippen molar-refractivity contribution in [1.82, 2.24) is 14.9 Å². The summed E-state index contributed by atoms with van der Waals surface area (Å²) in [7, 11) is 0. The number of amides is 1. The van der Waals surface area contributed by atoms with E-state index >= 15 is 0 Å². The van der Waals surface area contributed by atoms with Crippen LogP contribution in [0.1, 0.15) is 29.9 Å². The van der Waals surface area contributed by atoms with Gasteiger partial charge in [-0.2, -0.15) is 0 Å². The molecule has 1 amide bonds. The van der Waals surface area contributed by atoms with Crippen molar-refractivity contribution in [3.05, 3.63) is 74.8 Å². The van der Waals surface area contributed by atoms with E-state index in [2.05, 4.69) is 15.0 Å². The van der Waals surface area contributed by atoms with Crippen molar-refractivity contribution in [2.45, 2.75) is 25.8 Å². The van der Waals surface area contributed by atoms with Gasteiger partial charge in [-0.05, 0) is 31.2 Å². The van der Waals surface area contributed by atoms with Crippen molar-refractivity contribution < 1.29 is 22.4 Å². The average Bonchev–Trinajstić information content (AvgIpc) is 3.37. The fourth-order valence-electron chi connectivity index (χ4n) is 4.27. The minimum absolute atomic E-state index is 0.00297. The van der Waals surface area contributed by atoms with Gasteiger partial charge in [0.25, 0.3) is 11.8 Å². The monoisotopic (exact) mass is 442 g/mol. The Morgan fingerprint density at radius 2 is 2.03 bits per heavy atom.